The van der Waals surface area contributed by atoms with Gasteiger partial charge in [-0.2, -0.15) is 0 Å². The second-order valence-electron chi connectivity index (χ2n) is 13.3. The Balaban J connectivity index is 1.02. The Labute approximate surface area is 303 Å². The van der Waals surface area contributed by atoms with Crippen molar-refractivity contribution in [3.05, 3.63) is 170 Å². The molecular formula is C48H28N2O3. The Kier molecular flexibility index (Phi) is 6.48. The number of nitrogens with zero attached hydrogens (tertiary/aromatic N) is 2. The molecule has 248 valence electrons. The summed E-state index contributed by atoms with van der Waals surface area (Å²) >= 11 is 0. The van der Waals surface area contributed by atoms with Gasteiger partial charge in [0.1, 0.15) is 27.8 Å². The Morgan fingerprint density at radius 1 is 0.358 bits per heavy atom. The van der Waals surface area contributed by atoms with E-state index in [1.807, 2.05) is 42.5 Å². The maximum Gasteiger partial charge on any atom is 0.228 e. The molecule has 0 N–H and O–H groups in total. The number of para-hydroxylation sites is 4. The molecule has 11 rings (SSSR count). The number of aromatic nitrogens is 2. The Hall–Kier alpha value is -7.24. The molecule has 53 heavy (non-hydrogen) atoms. The van der Waals surface area contributed by atoms with Gasteiger partial charge in [-0.15, -0.1) is 0 Å². The van der Waals surface area contributed by atoms with E-state index in [0.717, 1.165) is 99.5 Å². The molecule has 0 saturated carbocycles. The molecule has 0 atom stereocenters. The number of fused-ring (bicyclic) bond motifs is 7. The summed E-state index contributed by atoms with van der Waals surface area (Å²) < 4.78 is 19.1. The van der Waals surface area contributed by atoms with Crippen LogP contribution in [-0.4, -0.2) is 9.97 Å². The summed E-state index contributed by atoms with van der Waals surface area (Å²) in [6, 6.07) is 54.5. The van der Waals surface area contributed by atoms with Gasteiger partial charge in [0.2, 0.25) is 5.89 Å². The topological polar surface area (TPSA) is 65.2 Å². The molecule has 0 aliphatic rings. The van der Waals surface area contributed by atoms with Crippen molar-refractivity contribution in [3.63, 3.8) is 0 Å². The van der Waals surface area contributed by atoms with E-state index >= 15 is 0 Å². The molecule has 5 heteroatoms. The lowest BCUT2D eigenvalue weighted by atomic mass is 9.94. The highest BCUT2D eigenvalue weighted by Crippen LogP contribution is 2.41. The maximum atomic E-state index is 6.44. The molecule has 0 unspecified atom stereocenters. The van der Waals surface area contributed by atoms with E-state index in [9.17, 15) is 0 Å². The number of rotatable bonds is 5. The van der Waals surface area contributed by atoms with E-state index in [4.69, 9.17) is 18.2 Å². The van der Waals surface area contributed by atoms with Crippen LogP contribution in [0.2, 0.25) is 0 Å². The number of benzene rings is 7. The van der Waals surface area contributed by atoms with Crippen molar-refractivity contribution in [1.82, 2.24) is 9.97 Å². The molecule has 0 saturated heterocycles. The van der Waals surface area contributed by atoms with Crippen LogP contribution in [0, 0.1) is 0 Å². The summed E-state index contributed by atoms with van der Waals surface area (Å²) in [5.74, 6) is 0.536. The van der Waals surface area contributed by atoms with Gasteiger partial charge in [-0.05, 0) is 64.2 Å². The molecule has 7 aromatic carbocycles. The monoisotopic (exact) mass is 680 g/mol. The molecule has 0 spiro atoms. The van der Waals surface area contributed by atoms with Gasteiger partial charge in [-0.25, -0.2) is 4.98 Å². The summed E-state index contributed by atoms with van der Waals surface area (Å²) in [5, 5.41) is 4.48. The standard InChI is InChI=1S/C48H28N2O3/c1-3-15-42-37(9-1)39-13-5-11-35(46(39)51-42)30-19-17-29(18-20-30)34-26-41(45-44(27-34)53-48(50-45)33-8-7-25-49-28-33)32-23-21-31(22-24-32)36-12-6-14-40-38-10-2-4-16-43(38)52-47(36)40/h1-28H. The van der Waals surface area contributed by atoms with Crippen molar-refractivity contribution < 1.29 is 13.3 Å². The van der Waals surface area contributed by atoms with E-state index in [1.165, 1.54) is 0 Å². The minimum atomic E-state index is 0.536. The van der Waals surface area contributed by atoms with E-state index in [2.05, 4.69) is 120 Å². The van der Waals surface area contributed by atoms with Crippen molar-refractivity contribution >= 4 is 55.0 Å². The lowest BCUT2D eigenvalue weighted by Gasteiger charge is -2.10. The third-order valence-electron chi connectivity index (χ3n) is 10.2. The first kappa shape index (κ1) is 29.5. The number of hydrogen-bond donors (Lipinski definition) is 0. The van der Waals surface area contributed by atoms with E-state index in [1.54, 1.807) is 12.4 Å². The summed E-state index contributed by atoms with van der Waals surface area (Å²) in [7, 11) is 0. The van der Waals surface area contributed by atoms with Crippen molar-refractivity contribution in [1.29, 1.82) is 0 Å². The third kappa shape index (κ3) is 4.79. The fourth-order valence-corrected chi connectivity index (χ4v) is 7.65. The van der Waals surface area contributed by atoms with Crippen LogP contribution in [-0.2, 0) is 0 Å². The quantitative estimate of drug-likeness (QED) is 0.181. The fourth-order valence-electron chi connectivity index (χ4n) is 7.65. The van der Waals surface area contributed by atoms with Crippen molar-refractivity contribution in [2.24, 2.45) is 0 Å². The second-order valence-corrected chi connectivity index (χ2v) is 13.3. The molecule has 0 aliphatic heterocycles. The van der Waals surface area contributed by atoms with Crippen LogP contribution >= 0.6 is 0 Å². The predicted molar refractivity (Wildman–Crippen MR) is 214 cm³/mol. The summed E-state index contributed by atoms with van der Waals surface area (Å²) in [4.78, 5) is 9.31. The van der Waals surface area contributed by atoms with E-state index in [0.29, 0.717) is 11.5 Å². The summed E-state index contributed by atoms with van der Waals surface area (Å²) in [6.07, 6.45) is 3.53. The van der Waals surface area contributed by atoms with Crippen LogP contribution in [0.5, 0.6) is 0 Å². The van der Waals surface area contributed by atoms with Crippen LogP contribution in [0.4, 0.5) is 0 Å². The molecule has 11 aromatic rings. The van der Waals surface area contributed by atoms with Gasteiger partial charge in [0, 0.05) is 50.6 Å². The van der Waals surface area contributed by atoms with E-state index < -0.39 is 0 Å². The summed E-state index contributed by atoms with van der Waals surface area (Å²) in [6.45, 7) is 0. The van der Waals surface area contributed by atoms with E-state index in [-0.39, 0.29) is 0 Å². The Morgan fingerprint density at radius 2 is 0.906 bits per heavy atom. The molecule has 5 nitrogen and oxygen atoms in total. The van der Waals surface area contributed by atoms with Crippen molar-refractivity contribution in [2.45, 2.75) is 0 Å². The van der Waals surface area contributed by atoms with Gasteiger partial charge in [-0.1, -0.05) is 121 Å². The molecule has 0 bridgehead atoms. The Morgan fingerprint density at radius 3 is 1.49 bits per heavy atom. The van der Waals surface area contributed by atoms with Crippen LogP contribution in [0.1, 0.15) is 0 Å². The second kappa shape index (κ2) is 11.7. The smallest absolute Gasteiger partial charge is 0.228 e. The molecule has 0 aliphatic carbocycles. The highest BCUT2D eigenvalue weighted by atomic mass is 16.3. The molecule has 0 radical (unpaired) electrons. The molecular weight excluding hydrogens is 653 g/mol. The first-order valence-electron chi connectivity index (χ1n) is 17.6. The number of furan rings is 2. The minimum absolute atomic E-state index is 0.536. The average molecular weight is 681 g/mol. The zero-order chi connectivity index (χ0) is 34.9. The van der Waals surface area contributed by atoms with Gasteiger partial charge in [0.25, 0.3) is 0 Å². The first-order chi connectivity index (χ1) is 26.2. The lowest BCUT2D eigenvalue weighted by molar-refractivity contribution is 0.619. The average Bonchev–Trinajstić information content (AvgIpc) is 3.95. The SMILES string of the molecule is c1cncc(-c2nc3c(-c4ccc(-c5cccc6c5oc5ccccc56)cc4)cc(-c4ccc(-c5cccc6c5oc5ccccc56)cc4)cc3o2)c1. The fraction of sp³-hybridized carbons (Fsp3) is 0. The van der Waals surface area contributed by atoms with Gasteiger partial charge in [0.05, 0.1) is 5.56 Å². The number of pyridine rings is 1. The Bertz CT molecular complexity index is 3150. The largest absolute Gasteiger partial charge is 0.455 e. The predicted octanol–water partition coefficient (Wildman–Crippen LogP) is 13.4. The van der Waals surface area contributed by atoms with Crippen molar-refractivity contribution in [3.8, 4) is 56.0 Å². The summed E-state index contributed by atoms with van der Waals surface area (Å²) in [5.41, 5.74) is 14.3. The lowest BCUT2D eigenvalue weighted by Crippen LogP contribution is -1.87. The van der Waals surface area contributed by atoms with Gasteiger partial charge < -0.3 is 13.3 Å². The highest BCUT2D eigenvalue weighted by Gasteiger charge is 2.18. The van der Waals surface area contributed by atoms with Gasteiger partial charge >= 0.3 is 0 Å². The molecule has 4 heterocycles. The number of hydrogen-bond acceptors (Lipinski definition) is 5. The minimum Gasteiger partial charge on any atom is -0.455 e. The maximum absolute atomic E-state index is 6.44. The molecule has 4 aromatic heterocycles. The molecule has 0 fully saturated rings. The highest BCUT2D eigenvalue weighted by molar-refractivity contribution is 6.10. The van der Waals surface area contributed by atoms with Gasteiger partial charge in [0.15, 0.2) is 5.58 Å². The number of oxazole rings is 1. The van der Waals surface area contributed by atoms with Gasteiger partial charge in [-0.3, -0.25) is 4.98 Å². The normalized spacial score (nSPS) is 11.8. The zero-order valence-electron chi connectivity index (χ0n) is 28.3. The van der Waals surface area contributed by atoms with Crippen LogP contribution < -0.4 is 0 Å². The molecule has 0 amide bonds. The van der Waals surface area contributed by atoms with Crippen LogP contribution in [0.25, 0.3) is 111 Å². The van der Waals surface area contributed by atoms with Crippen molar-refractivity contribution in [2.75, 3.05) is 0 Å². The van der Waals surface area contributed by atoms with Crippen LogP contribution in [0.3, 0.4) is 0 Å². The van der Waals surface area contributed by atoms with Crippen LogP contribution in [0.15, 0.2) is 183 Å². The zero-order valence-corrected chi connectivity index (χ0v) is 28.3. The first-order valence-corrected chi connectivity index (χ1v) is 17.6. The third-order valence-corrected chi connectivity index (χ3v) is 10.2.